The number of nitrogens with one attached hydrogen (secondary N) is 1. The van der Waals surface area contributed by atoms with Crippen LogP contribution in [0.25, 0.3) is 0 Å². The zero-order valence-electron chi connectivity index (χ0n) is 10.6. The van der Waals surface area contributed by atoms with Crippen LogP contribution in [0, 0.1) is 0 Å². The summed E-state index contributed by atoms with van der Waals surface area (Å²) in [7, 11) is 0. The first kappa shape index (κ1) is 15.1. The van der Waals surface area contributed by atoms with Crippen molar-refractivity contribution < 1.29 is 19.8 Å². The quantitative estimate of drug-likeness (QED) is 0.674. The van der Waals surface area contributed by atoms with Crippen LogP contribution in [0.1, 0.15) is 20.3 Å². The third-order valence-corrected chi connectivity index (χ3v) is 3.91. The number of carbonyl (C=O) groups is 2. The molecule has 1 aliphatic heterocycles. The second-order valence-electron chi connectivity index (χ2n) is 4.41. The molecule has 1 saturated heterocycles. The van der Waals surface area contributed by atoms with E-state index in [1.165, 1.54) is 4.90 Å². The number of nitrogens with zero attached hydrogens (tertiary/aromatic N) is 1. The van der Waals surface area contributed by atoms with Crippen molar-refractivity contribution in [2.24, 2.45) is 0 Å². The first-order chi connectivity index (χ1) is 8.45. The highest BCUT2D eigenvalue weighted by atomic mass is 32.2. The lowest BCUT2D eigenvalue weighted by Gasteiger charge is -2.24. The van der Waals surface area contributed by atoms with E-state index in [2.05, 4.69) is 5.32 Å². The zero-order valence-corrected chi connectivity index (χ0v) is 11.4. The highest BCUT2D eigenvalue weighted by molar-refractivity contribution is 7.99. The van der Waals surface area contributed by atoms with Gasteiger partial charge in [-0.25, -0.2) is 9.59 Å². The van der Waals surface area contributed by atoms with Gasteiger partial charge in [-0.1, -0.05) is 6.92 Å². The van der Waals surface area contributed by atoms with Crippen molar-refractivity contribution in [1.29, 1.82) is 0 Å². The van der Waals surface area contributed by atoms with Gasteiger partial charge in [0.05, 0.1) is 6.10 Å². The molecule has 0 radical (unpaired) electrons. The van der Waals surface area contributed by atoms with Gasteiger partial charge in [-0.3, -0.25) is 0 Å². The van der Waals surface area contributed by atoms with Crippen LogP contribution in [0.4, 0.5) is 4.79 Å². The van der Waals surface area contributed by atoms with Crippen LogP contribution in [-0.4, -0.2) is 63.4 Å². The van der Waals surface area contributed by atoms with Crippen molar-refractivity contribution in [3.8, 4) is 0 Å². The average molecular weight is 276 g/mol. The fraction of sp³-hybridized carbons (Fsp3) is 0.818. The fourth-order valence-electron chi connectivity index (χ4n) is 1.90. The molecular weight excluding hydrogens is 256 g/mol. The molecule has 18 heavy (non-hydrogen) atoms. The summed E-state index contributed by atoms with van der Waals surface area (Å²) in [5.74, 6) is 0.689. The maximum Gasteiger partial charge on any atom is 0.326 e. The molecule has 0 aliphatic carbocycles. The summed E-state index contributed by atoms with van der Waals surface area (Å²) < 4.78 is 0. The van der Waals surface area contributed by atoms with Gasteiger partial charge in [-0.05, 0) is 12.7 Å². The SMILES string of the molecule is CCSCC(C)NC(=O)N1C[C@@H](O)C[C@H]1C(=O)O. The van der Waals surface area contributed by atoms with Crippen molar-refractivity contribution >= 4 is 23.8 Å². The fourth-order valence-corrected chi connectivity index (χ4v) is 2.57. The summed E-state index contributed by atoms with van der Waals surface area (Å²) in [6.45, 7) is 4.00. The first-order valence-corrected chi connectivity index (χ1v) is 7.16. The number of thioether (sulfide) groups is 1. The maximum atomic E-state index is 11.9. The second kappa shape index (κ2) is 6.84. The summed E-state index contributed by atoms with van der Waals surface area (Å²) >= 11 is 1.71. The minimum Gasteiger partial charge on any atom is -0.480 e. The number of urea groups is 1. The number of rotatable bonds is 5. The van der Waals surface area contributed by atoms with Gasteiger partial charge >= 0.3 is 12.0 Å². The number of β-amino-alcohol motifs (C(OH)–C–C–N with tert-alkyl or cyclic N) is 1. The van der Waals surface area contributed by atoms with E-state index in [0.717, 1.165) is 11.5 Å². The maximum absolute atomic E-state index is 11.9. The monoisotopic (exact) mass is 276 g/mol. The van der Waals surface area contributed by atoms with Crippen molar-refractivity contribution in [3.05, 3.63) is 0 Å². The Kier molecular flexibility index (Phi) is 5.74. The summed E-state index contributed by atoms with van der Waals surface area (Å²) in [5.41, 5.74) is 0. The van der Waals surface area contributed by atoms with Crippen molar-refractivity contribution in [1.82, 2.24) is 10.2 Å². The van der Waals surface area contributed by atoms with Gasteiger partial charge in [0, 0.05) is 24.8 Å². The Morgan fingerprint density at radius 2 is 2.22 bits per heavy atom. The van der Waals surface area contributed by atoms with Crippen molar-refractivity contribution in [2.45, 2.75) is 38.5 Å². The lowest BCUT2D eigenvalue weighted by Crippen LogP contribution is -2.49. The van der Waals surface area contributed by atoms with Crippen LogP contribution < -0.4 is 5.32 Å². The Hall–Kier alpha value is -0.950. The zero-order chi connectivity index (χ0) is 13.7. The Labute approximate surface area is 111 Å². The molecule has 0 aromatic carbocycles. The highest BCUT2D eigenvalue weighted by Crippen LogP contribution is 2.18. The molecule has 1 aliphatic rings. The van der Waals surface area contributed by atoms with Crippen LogP contribution in [0.3, 0.4) is 0 Å². The molecular formula is C11H20N2O4S. The number of hydrogen-bond acceptors (Lipinski definition) is 4. The minimum atomic E-state index is -1.07. The molecule has 0 aromatic heterocycles. The predicted molar refractivity (Wildman–Crippen MR) is 69.7 cm³/mol. The Morgan fingerprint density at radius 3 is 2.78 bits per heavy atom. The van der Waals surface area contributed by atoms with Crippen molar-refractivity contribution in [3.63, 3.8) is 0 Å². The molecule has 104 valence electrons. The number of carboxylic acids is 1. The van der Waals surface area contributed by atoms with E-state index in [1.54, 1.807) is 11.8 Å². The number of amides is 2. The molecule has 1 unspecified atom stereocenters. The summed E-state index contributed by atoms with van der Waals surface area (Å²) in [5, 5.41) is 21.2. The molecule has 2 amide bonds. The number of carboxylic acid groups (broad SMARTS) is 1. The molecule has 0 spiro atoms. The third kappa shape index (κ3) is 4.06. The number of carbonyl (C=O) groups excluding carboxylic acids is 1. The van der Waals surface area contributed by atoms with Gasteiger partial charge in [0.15, 0.2) is 0 Å². The lowest BCUT2D eigenvalue weighted by atomic mass is 10.2. The molecule has 3 atom stereocenters. The standard InChI is InChI=1S/C11H20N2O4S/c1-3-18-6-7(2)12-11(17)13-5-8(14)4-9(13)10(15)16/h7-9,14H,3-6H2,1-2H3,(H,12,17)(H,15,16)/t7?,8-,9-/m0/s1. The van der Waals surface area contributed by atoms with Gasteiger partial charge in [-0.2, -0.15) is 11.8 Å². The normalized spacial score (nSPS) is 24.9. The van der Waals surface area contributed by atoms with Crippen LogP contribution in [0.15, 0.2) is 0 Å². The van der Waals surface area contributed by atoms with Crippen LogP contribution >= 0.6 is 11.8 Å². The average Bonchev–Trinajstić information content (AvgIpc) is 2.69. The van der Waals surface area contributed by atoms with E-state index in [0.29, 0.717) is 0 Å². The summed E-state index contributed by atoms with van der Waals surface area (Å²) in [4.78, 5) is 24.1. The Bertz CT molecular complexity index is 313. The molecule has 1 rings (SSSR count). The van der Waals surface area contributed by atoms with E-state index < -0.39 is 24.1 Å². The van der Waals surface area contributed by atoms with E-state index in [9.17, 15) is 14.7 Å². The highest BCUT2D eigenvalue weighted by Gasteiger charge is 2.39. The van der Waals surface area contributed by atoms with Crippen LogP contribution in [0.5, 0.6) is 0 Å². The first-order valence-electron chi connectivity index (χ1n) is 6.01. The predicted octanol–water partition coefficient (Wildman–Crippen LogP) is 0.357. The largest absolute Gasteiger partial charge is 0.480 e. The van der Waals surface area contributed by atoms with E-state index in [-0.39, 0.29) is 19.0 Å². The smallest absolute Gasteiger partial charge is 0.326 e. The number of hydrogen-bond donors (Lipinski definition) is 3. The summed E-state index contributed by atoms with van der Waals surface area (Å²) in [6, 6.07) is -1.36. The van der Waals surface area contributed by atoms with E-state index >= 15 is 0 Å². The van der Waals surface area contributed by atoms with Gasteiger partial charge in [0.1, 0.15) is 6.04 Å². The minimum absolute atomic E-state index is 0.0189. The molecule has 1 heterocycles. The molecule has 0 bridgehead atoms. The molecule has 6 nitrogen and oxygen atoms in total. The number of likely N-dealkylation sites (tertiary alicyclic amines) is 1. The van der Waals surface area contributed by atoms with E-state index in [4.69, 9.17) is 5.11 Å². The molecule has 1 fully saturated rings. The number of aliphatic carboxylic acids is 1. The molecule has 0 aromatic rings. The molecule has 7 heteroatoms. The molecule has 3 N–H and O–H groups in total. The van der Waals surface area contributed by atoms with Crippen LogP contribution in [-0.2, 0) is 4.79 Å². The second-order valence-corrected chi connectivity index (χ2v) is 5.72. The topological polar surface area (TPSA) is 89.9 Å². The Morgan fingerprint density at radius 1 is 1.56 bits per heavy atom. The number of aliphatic hydroxyl groups excluding tert-OH is 1. The van der Waals surface area contributed by atoms with Crippen molar-refractivity contribution in [2.75, 3.05) is 18.1 Å². The Balaban J connectivity index is 2.52. The van der Waals surface area contributed by atoms with Gasteiger partial charge in [-0.15, -0.1) is 0 Å². The van der Waals surface area contributed by atoms with Crippen LogP contribution in [0.2, 0.25) is 0 Å². The lowest BCUT2D eigenvalue weighted by molar-refractivity contribution is -0.141. The van der Waals surface area contributed by atoms with Gasteiger partial charge in [0.25, 0.3) is 0 Å². The van der Waals surface area contributed by atoms with Gasteiger partial charge < -0.3 is 20.4 Å². The van der Waals surface area contributed by atoms with E-state index in [1.807, 2.05) is 13.8 Å². The third-order valence-electron chi connectivity index (χ3n) is 2.77. The summed E-state index contributed by atoms with van der Waals surface area (Å²) in [6.07, 6.45) is -0.655. The molecule has 0 saturated carbocycles. The van der Waals surface area contributed by atoms with Gasteiger partial charge in [0.2, 0.25) is 0 Å². The number of aliphatic hydroxyl groups is 1.